The predicted octanol–water partition coefficient (Wildman–Crippen LogP) is 5.26. The number of hydrogen-bond acceptors (Lipinski definition) is 7. The van der Waals surface area contributed by atoms with Crippen LogP contribution in [0.2, 0.25) is 5.02 Å². The summed E-state index contributed by atoms with van der Waals surface area (Å²) in [6.45, 7) is 3.30. The van der Waals surface area contributed by atoms with Gasteiger partial charge in [-0.1, -0.05) is 11.6 Å². The molecule has 176 valence electrons. The Balaban J connectivity index is 1.88. The van der Waals surface area contributed by atoms with Crippen molar-refractivity contribution in [3.63, 3.8) is 0 Å². The van der Waals surface area contributed by atoms with E-state index in [9.17, 15) is 22.5 Å². The van der Waals surface area contributed by atoms with Crippen LogP contribution >= 0.6 is 19.2 Å². The van der Waals surface area contributed by atoms with E-state index in [-0.39, 0.29) is 42.8 Å². The molecule has 13 heteroatoms. The summed E-state index contributed by atoms with van der Waals surface area (Å²) < 4.78 is 71.1. The lowest BCUT2D eigenvalue weighted by Gasteiger charge is -2.17. The fourth-order valence-electron chi connectivity index (χ4n) is 2.28. The average molecular weight is 497 g/mol. The van der Waals surface area contributed by atoms with Gasteiger partial charge in [0, 0.05) is 6.20 Å². The number of rotatable bonds is 11. The second kappa shape index (κ2) is 11.5. The highest BCUT2D eigenvalue weighted by Crippen LogP contribution is 2.46. The minimum atomic E-state index is -4.57. The topological polar surface area (TPSA) is 96.0 Å². The molecule has 0 atom stereocenters. The lowest BCUT2D eigenvalue weighted by Crippen LogP contribution is -2.30. The SMILES string of the molecule is CCOP(=O)(CNC(=O)COc1ccc(Oc2ncc(C(F)(F)F)cc2Cl)cc1)OCC. The smallest absolute Gasteiger partial charge is 0.417 e. The largest absolute Gasteiger partial charge is 0.484 e. The molecule has 0 saturated heterocycles. The van der Waals surface area contributed by atoms with Crippen molar-refractivity contribution >= 4 is 25.1 Å². The number of alkyl halides is 3. The van der Waals surface area contributed by atoms with Gasteiger partial charge in [-0.15, -0.1) is 0 Å². The first kappa shape index (κ1) is 25.9. The Morgan fingerprint density at radius 3 is 2.25 bits per heavy atom. The van der Waals surface area contributed by atoms with E-state index in [1.165, 1.54) is 24.3 Å². The zero-order chi connectivity index (χ0) is 23.8. The molecule has 0 bridgehead atoms. The number of pyridine rings is 1. The second-order valence-electron chi connectivity index (χ2n) is 6.08. The number of nitrogens with zero attached hydrogens (tertiary/aromatic N) is 1. The molecule has 0 aliphatic heterocycles. The molecule has 0 unspecified atom stereocenters. The molecule has 0 saturated carbocycles. The van der Waals surface area contributed by atoms with Crippen LogP contribution < -0.4 is 14.8 Å². The third-order valence-corrected chi connectivity index (χ3v) is 5.78. The Morgan fingerprint density at radius 1 is 1.12 bits per heavy atom. The number of carbonyl (C=O) groups is 1. The predicted molar refractivity (Wildman–Crippen MR) is 110 cm³/mol. The molecule has 2 aromatic rings. The van der Waals surface area contributed by atoms with Crippen molar-refractivity contribution in [1.82, 2.24) is 10.3 Å². The maximum absolute atomic E-state index is 12.7. The van der Waals surface area contributed by atoms with Gasteiger partial charge in [-0.05, 0) is 44.2 Å². The molecule has 2 rings (SSSR count). The van der Waals surface area contributed by atoms with E-state index in [0.29, 0.717) is 11.9 Å². The van der Waals surface area contributed by atoms with Crippen LogP contribution in [0.15, 0.2) is 36.5 Å². The molecule has 0 aliphatic rings. The third kappa shape index (κ3) is 7.98. The molecule has 1 amide bonds. The summed E-state index contributed by atoms with van der Waals surface area (Å²) >= 11 is 5.81. The van der Waals surface area contributed by atoms with Crippen LogP contribution in [0.3, 0.4) is 0 Å². The first-order chi connectivity index (χ1) is 15.1. The van der Waals surface area contributed by atoms with Crippen LogP contribution in [0.4, 0.5) is 13.2 Å². The molecule has 1 N–H and O–H groups in total. The van der Waals surface area contributed by atoms with Crippen LogP contribution in [-0.2, 0) is 24.6 Å². The lowest BCUT2D eigenvalue weighted by molar-refractivity contribution is -0.137. The van der Waals surface area contributed by atoms with Gasteiger partial charge in [0.05, 0.1) is 18.8 Å². The van der Waals surface area contributed by atoms with Gasteiger partial charge in [0.25, 0.3) is 5.91 Å². The monoisotopic (exact) mass is 496 g/mol. The van der Waals surface area contributed by atoms with Crippen molar-refractivity contribution in [2.75, 3.05) is 26.1 Å². The molecule has 1 heterocycles. The molecule has 1 aromatic heterocycles. The fraction of sp³-hybridized carbons (Fsp3) is 0.368. The van der Waals surface area contributed by atoms with Gasteiger partial charge in [-0.2, -0.15) is 13.2 Å². The molecule has 0 radical (unpaired) electrons. The van der Waals surface area contributed by atoms with Crippen LogP contribution in [-0.4, -0.2) is 37.0 Å². The van der Waals surface area contributed by atoms with Gasteiger partial charge < -0.3 is 23.8 Å². The fourth-order valence-corrected chi connectivity index (χ4v) is 3.90. The number of aromatic nitrogens is 1. The molecule has 32 heavy (non-hydrogen) atoms. The molecule has 0 fully saturated rings. The maximum atomic E-state index is 12.7. The average Bonchev–Trinajstić information content (AvgIpc) is 2.73. The van der Waals surface area contributed by atoms with Gasteiger partial charge >= 0.3 is 13.8 Å². The highest BCUT2D eigenvalue weighted by atomic mass is 35.5. The van der Waals surface area contributed by atoms with Crippen molar-refractivity contribution < 1.29 is 41.1 Å². The number of nitrogens with one attached hydrogen (secondary N) is 1. The summed E-state index contributed by atoms with van der Waals surface area (Å²) in [5.74, 6) is -0.173. The quantitative estimate of drug-likeness (QED) is 0.424. The minimum absolute atomic E-state index is 0.172. The lowest BCUT2D eigenvalue weighted by atomic mass is 10.3. The summed E-state index contributed by atoms with van der Waals surface area (Å²) in [5.41, 5.74) is -0.990. The standard InChI is InChI=1S/C19H21ClF3N2O6P/c1-3-29-32(27,30-4-2)12-25-17(26)11-28-14-5-7-15(8-6-14)31-18-16(20)9-13(10-24-18)19(21,22)23/h5-10H,3-4,11-12H2,1-2H3,(H,25,26). The van der Waals surface area contributed by atoms with Crippen LogP contribution in [0.25, 0.3) is 0 Å². The number of hydrogen-bond donors (Lipinski definition) is 1. The van der Waals surface area contributed by atoms with E-state index in [2.05, 4.69) is 10.3 Å². The Labute approximate surface area is 187 Å². The summed E-state index contributed by atoms with van der Waals surface area (Å²) in [4.78, 5) is 15.5. The zero-order valence-corrected chi connectivity index (χ0v) is 18.8. The zero-order valence-electron chi connectivity index (χ0n) is 17.1. The van der Waals surface area contributed by atoms with Crippen molar-refractivity contribution in [2.24, 2.45) is 0 Å². The van der Waals surface area contributed by atoms with Gasteiger partial charge in [-0.3, -0.25) is 9.36 Å². The highest BCUT2D eigenvalue weighted by molar-refractivity contribution is 7.53. The summed E-state index contributed by atoms with van der Waals surface area (Å²) in [5, 5.41) is 2.13. The second-order valence-corrected chi connectivity index (χ2v) is 8.54. The molecule has 8 nitrogen and oxygen atoms in total. The first-order valence-corrected chi connectivity index (χ1v) is 11.4. The van der Waals surface area contributed by atoms with E-state index in [1.54, 1.807) is 13.8 Å². The summed E-state index contributed by atoms with van der Waals surface area (Å²) in [6.07, 6.45) is -4.23. The summed E-state index contributed by atoms with van der Waals surface area (Å²) in [6, 6.07) is 6.59. The van der Waals surface area contributed by atoms with Gasteiger partial charge in [0.15, 0.2) is 6.61 Å². The van der Waals surface area contributed by atoms with Crippen LogP contribution in [0, 0.1) is 0 Å². The highest BCUT2D eigenvalue weighted by Gasteiger charge is 2.31. The van der Waals surface area contributed by atoms with Crippen molar-refractivity contribution in [3.05, 3.63) is 47.1 Å². The Hall–Kier alpha value is -2.33. The summed E-state index contributed by atoms with van der Waals surface area (Å²) in [7, 11) is -3.41. The molecular weight excluding hydrogens is 476 g/mol. The number of benzene rings is 1. The number of ether oxygens (including phenoxy) is 2. The van der Waals surface area contributed by atoms with Crippen molar-refractivity contribution in [1.29, 1.82) is 0 Å². The first-order valence-electron chi connectivity index (χ1n) is 9.34. The van der Waals surface area contributed by atoms with E-state index in [0.717, 1.165) is 6.07 Å². The van der Waals surface area contributed by atoms with Crippen LogP contribution in [0.5, 0.6) is 17.4 Å². The van der Waals surface area contributed by atoms with Gasteiger partial charge in [0.2, 0.25) is 5.88 Å². The molecule has 0 spiro atoms. The Kier molecular flexibility index (Phi) is 9.33. The van der Waals surface area contributed by atoms with Gasteiger partial charge in [-0.25, -0.2) is 4.98 Å². The van der Waals surface area contributed by atoms with Crippen LogP contribution in [0.1, 0.15) is 19.4 Å². The number of carbonyl (C=O) groups excluding carboxylic acids is 1. The minimum Gasteiger partial charge on any atom is -0.484 e. The van der Waals surface area contributed by atoms with E-state index in [1.807, 2.05) is 0 Å². The van der Waals surface area contributed by atoms with E-state index < -0.39 is 25.2 Å². The number of amides is 1. The number of halogens is 4. The Bertz CT molecular complexity index is 949. The molecular formula is C19H21ClF3N2O6P. The normalized spacial score (nSPS) is 11.8. The maximum Gasteiger partial charge on any atom is 0.417 e. The molecule has 0 aliphatic carbocycles. The molecule has 1 aromatic carbocycles. The van der Waals surface area contributed by atoms with E-state index in [4.69, 9.17) is 30.1 Å². The van der Waals surface area contributed by atoms with E-state index >= 15 is 0 Å². The third-order valence-electron chi connectivity index (χ3n) is 3.66. The van der Waals surface area contributed by atoms with Gasteiger partial charge in [0.1, 0.15) is 22.8 Å². The Morgan fingerprint density at radius 2 is 1.72 bits per heavy atom. The van der Waals surface area contributed by atoms with Crippen molar-refractivity contribution in [3.8, 4) is 17.4 Å². The van der Waals surface area contributed by atoms with Crippen molar-refractivity contribution in [2.45, 2.75) is 20.0 Å².